The number of amides is 1. The standard InChI is InChI=1S/C23H19F2N5O/c1-29-11-18(21-22(26)27-12-28-23(21)29)14-2-3-19-15(9-14)4-5-30(19)20(31)8-13-6-16(24)10-17(25)7-13/h2-3,6-7,9-12H,4-5,8H2,1H3,(H2,26,27,28). The van der Waals surface area contributed by atoms with Crippen molar-refractivity contribution in [2.24, 2.45) is 7.05 Å². The van der Waals surface area contributed by atoms with Crippen LogP contribution in [0.25, 0.3) is 22.2 Å². The minimum absolute atomic E-state index is 0.0624. The number of nitrogens with zero attached hydrogens (tertiary/aromatic N) is 4. The fraction of sp³-hybridized carbons (Fsp3) is 0.174. The van der Waals surface area contributed by atoms with Crippen LogP contribution in [0.1, 0.15) is 11.1 Å². The normalized spacial score (nSPS) is 13.1. The lowest BCUT2D eigenvalue weighted by molar-refractivity contribution is -0.117. The van der Waals surface area contributed by atoms with Gasteiger partial charge in [-0.25, -0.2) is 18.7 Å². The highest BCUT2D eigenvalue weighted by Gasteiger charge is 2.26. The van der Waals surface area contributed by atoms with E-state index in [9.17, 15) is 13.6 Å². The van der Waals surface area contributed by atoms with Crippen LogP contribution in [-0.4, -0.2) is 27.0 Å². The Kier molecular flexibility index (Phi) is 4.43. The zero-order chi connectivity index (χ0) is 21.7. The molecule has 0 radical (unpaired) electrons. The molecule has 3 heterocycles. The third-order valence-electron chi connectivity index (χ3n) is 5.65. The molecule has 6 nitrogen and oxygen atoms in total. The summed E-state index contributed by atoms with van der Waals surface area (Å²) in [6, 6.07) is 9.06. The monoisotopic (exact) mass is 419 g/mol. The fourth-order valence-electron chi connectivity index (χ4n) is 4.26. The van der Waals surface area contributed by atoms with E-state index in [2.05, 4.69) is 9.97 Å². The number of nitrogen functional groups attached to an aromatic ring is 1. The van der Waals surface area contributed by atoms with Gasteiger partial charge < -0.3 is 15.2 Å². The molecule has 2 N–H and O–H groups in total. The van der Waals surface area contributed by atoms with E-state index < -0.39 is 11.6 Å². The molecule has 2 aromatic heterocycles. The van der Waals surface area contributed by atoms with Crippen molar-refractivity contribution in [2.75, 3.05) is 17.2 Å². The third-order valence-corrected chi connectivity index (χ3v) is 5.65. The van der Waals surface area contributed by atoms with Gasteiger partial charge in [-0.3, -0.25) is 4.79 Å². The first-order valence-corrected chi connectivity index (χ1v) is 9.85. The maximum atomic E-state index is 13.5. The number of rotatable bonds is 3. The second-order valence-corrected chi connectivity index (χ2v) is 7.70. The van der Waals surface area contributed by atoms with Crippen molar-refractivity contribution >= 4 is 28.4 Å². The van der Waals surface area contributed by atoms with Gasteiger partial charge in [0.05, 0.1) is 11.8 Å². The Labute approximate surface area is 176 Å². The quantitative estimate of drug-likeness (QED) is 0.550. The second-order valence-electron chi connectivity index (χ2n) is 7.70. The van der Waals surface area contributed by atoms with Gasteiger partial charge in [-0.2, -0.15) is 0 Å². The predicted octanol–water partition coefficient (Wildman–Crippen LogP) is 3.63. The highest BCUT2D eigenvalue weighted by atomic mass is 19.1. The molecule has 1 aliphatic rings. The van der Waals surface area contributed by atoms with Crippen molar-refractivity contribution in [1.29, 1.82) is 0 Å². The first-order chi connectivity index (χ1) is 14.9. The van der Waals surface area contributed by atoms with E-state index >= 15 is 0 Å². The Morgan fingerprint density at radius 1 is 1.13 bits per heavy atom. The number of carbonyl (C=O) groups excluding carboxylic acids is 1. The second kappa shape index (κ2) is 7.16. The molecule has 1 aliphatic heterocycles. The van der Waals surface area contributed by atoms with E-state index in [0.29, 0.717) is 24.3 Å². The molecule has 0 unspecified atom stereocenters. The van der Waals surface area contributed by atoms with E-state index in [1.165, 1.54) is 18.5 Å². The lowest BCUT2D eigenvalue weighted by Crippen LogP contribution is -2.30. The number of nitrogens with two attached hydrogens (primary N) is 1. The first-order valence-electron chi connectivity index (χ1n) is 9.85. The zero-order valence-corrected chi connectivity index (χ0v) is 16.8. The molecule has 0 fully saturated rings. The van der Waals surface area contributed by atoms with Crippen molar-refractivity contribution in [1.82, 2.24) is 14.5 Å². The number of hydrogen-bond donors (Lipinski definition) is 1. The number of carbonyl (C=O) groups is 1. The van der Waals surface area contributed by atoms with Gasteiger partial charge in [0.25, 0.3) is 0 Å². The van der Waals surface area contributed by atoms with Gasteiger partial charge in [-0.15, -0.1) is 0 Å². The average molecular weight is 419 g/mol. The van der Waals surface area contributed by atoms with E-state index in [1.807, 2.05) is 36.0 Å². The topological polar surface area (TPSA) is 77.0 Å². The van der Waals surface area contributed by atoms with Gasteiger partial charge in [-0.05, 0) is 47.4 Å². The Hall–Kier alpha value is -3.81. The highest BCUT2D eigenvalue weighted by molar-refractivity contribution is 6.02. The molecule has 156 valence electrons. The Bertz CT molecular complexity index is 1330. The molecule has 1 amide bonds. The molecular formula is C23H19F2N5O. The number of fused-ring (bicyclic) bond motifs is 2. The summed E-state index contributed by atoms with van der Waals surface area (Å²) < 4.78 is 28.8. The van der Waals surface area contributed by atoms with Crippen molar-refractivity contribution in [3.8, 4) is 11.1 Å². The molecule has 31 heavy (non-hydrogen) atoms. The van der Waals surface area contributed by atoms with Gasteiger partial charge in [-0.1, -0.05) is 6.07 Å². The van der Waals surface area contributed by atoms with E-state index in [-0.39, 0.29) is 12.3 Å². The highest BCUT2D eigenvalue weighted by Crippen LogP contribution is 2.37. The Balaban J connectivity index is 1.46. The van der Waals surface area contributed by atoms with Crippen molar-refractivity contribution in [3.63, 3.8) is 0 Å². The molecule has 0 aliphatic carbocycles. The number of halogens is 2. The number of aromatic nitrogens is 3. The summed E-state index contributed by atoms with van der Waals surface area (Å²) in [5, 5.41) is 0.795. The minimum atomic E-state index is -0.687. The lowest BCUT2D eigenvalue weighted by Gasteiger charge is -2.18. The maximum absolute atomic E-state index is 13.5. The first kappa shape index (κ1) is 19.2. The van der Waals surface area contributed by atoms with E-state index in [4.69, 9.17) is 5.73 Å². The fourth-order valence-corrected chi connectivity index (χ4v) is 4.26. The SMILES string of the molecule is Cn1cc(-c2ccc3c(c2)CCN3C(=O)Cc2cc(F)cc(F)c2)c2c(N)ncnc21. The van der Waals surface area contributed by atoms with Crippen LogP contribution in [0.15, 0.2) is 48.9 Å². The van der Waals surface area contributed by atoms with Crippen molar-refractivity contribution in [3.05, 3.63) is 71.7 Å². The molecule has 2 aromatic carbocycles. The number of hydrogen-bond acceptors (Lipinski definition) is 4. The molecular weight excluding hydrogens is 400 g/mol. The summed E-state index contributed by atoms with van der Waals surface area (Å²) in [6.45, 7) is 0.524. The van der Waals surface area contributed by atoms with Crippen LogP contribution in [0.2, 0.25) is 0 Å². The molecule has 8 heteroatoms. The van der Waals surface area contributed by atoms with Gasteiger partial charge in [0.15, 0.2) is 0 Å². The predicted molar refractivity (Wildman–Crippen MR) is 114 cm³/mol. The summed E-state index contributed by atoms with van der Waals surface area (Å²) in [5.74, 6) is -1.15. The third kappa shape index (κ3) is 3.30. The van der Waals surface area contributed by atoms with Crippen LogP contribution in [0.3, 0.4) is 0 Å². The van der Waals surface area contributed by atoms with Crippen molar-refractivity contribution < 1.29 is 13.6 Å². The smallest absolute Gasteiger partial charge is 0.231 e. The van der Waals surface area contributed by atoms with Crippen LogP contribution in [0, 0.1) is 11.6 Å². The van der Waals surface area contributed by atoms with Gasteiger partial charge >= 0.3 is 0 Å². The van der Waals surface area contributed by atoms with E-state index in [0.717, 1.165) is 39.5 Å². The van der Waals surface area contributed by atoms with Crippen molar-refractivity contribution in [2.45, 2.75) is 12.8 Å². The number of anilines is 2. The molecule has 0 saturated heterocycles. The van der Waals surface area contributed by atoms with Gasteiger partial charge in [0.2, 0.25) is 5.91 Å². The van der Waals surface area contributed by atoms with E-state index in [1.54, 1.807) is 4.90 Å². The van der Waals surface area contributed by atoms with Gasteiger partial charge in [0.1, 0.15) is 29.4 Å². The molecule has 0 atom stereocenters. The zero-order valence-electron chi connectivity index (χ0n) is 16.8. The average Bonchev–Trinajstić information content (AvgIpc) is 3.29. The molecule has 0 bridgehead atoms. The molecule has 4 aromatic rings. The van der Waals surface area contributed by atoms with Gasteiger partial charge in [0, 0.05) is 37.1 Å². The van der Waals surface area contributed by atoms with Crippen LogP contribution in [0.4, 0.5) is 20.3 Å². The molecule has 5 rings (SSSR count). The minimum Gasteiger partial charge on any atom is -0.383 e. The number of benzene rings is 2. The molecule has 0 spiro atoms. The summed E-state index contributed by atoms with van der Waals surface area (Å²) in [7, 11) is 1.90. The van der Waals surface area contributed by atoms with Crippen LogP contribution in [-0.2, 0) is 24.7 Å². The number of aryl methyl sites for hydroxylation is 1. The summed E-state index contributed by atoms with van der Waals surface area (Å²) in [4.78, 5) is 22.9. The molecule has 0 saturated carbocycles. The van der Waals surface area contributed by atoms with Crippen LogP contribution < -0.4 is 10.6 Å². The largest absolute Gasteiger partial charge is 0.383 e. The summed E-state index contributed by atoms with van der Waals surface area (Å²) >= 11 is 0. The Morgan fingerprint density at radius 3 is 2.68 bits per heavy atom. The van der Waals surface area contributed by atoms with Crippen LogP contribution in [0.5, 0.6) is 0 Å². The summed E-state index contributed by atoms with van der Waals surface area (Å²) in [5.41, 5.74) is 10.9. The Morgan fingerprint density at radius 2 is 1.90 bits per heavy atom. The van der Waals surface area contributed by atoms with Crippen LogP contribution >= 0.6 is 0 Å². The maximum Gasteiger partial charge on any atom is 0.231 e. The summed E-state index contributed by atoms with van der Waals surface area (Å²) in [6.07, 6.45) is 4.04. The lowest BCUT2D eigenvalue weighted by atomic mass is 10.0.